The van der Waals surface area contributed by atoms with Crippen LogP contribution in [0.3, 0.4) is 0 Å². The summed E-state index contributed by atoms with van der Waals surface area (Å²) in [6, 6.07) is 11.2. The molecule has 2 rings (SSSR count). The van der Waals surface area contributed by atoms with Crippen LogP contribution in [0.1, 0.15) is 36.7 Å². The van der Waals surface area contributed by atoms with Crippen molar-refractivity contribution in [3.8, 4) is 0 Å². The number of carbonyl (C=O) groups is 3. The highest BCUT2D eigenvalue weighted by Gasteiger charge is 2.29. The van der Waals surface area contributed by atoms with E-state index in [1.165, 1.54) is 31.2 Å². The summed E-state index contributed by atoms with van der Waals surface area (Å²) >= 11 is 0. The van der Waals surface area contributed by atoms with Crippen LogP contribution < -0.4 is 15.8 Å². The van der Waals surface area contributed by atoms with E-state index < -0.39 is 40.0 Å². The van der Waals surface area contributed by atoms with Crippen molar-refractivity contribution in [1.29, 1.82) is 0 Å². The third kappa shape index (κ3) is 6.89. The Balaban J connectivity index is 2.01. The van der Waals surface area contributed by atoms with Crippen molar-refractivity contribution < 1.29 is 27.5 Å². The first kappa shape index (κ1) is 25.0. The maximum Gasteiger partial charge on any atom is 0.329 e. The molecule has 2 atom stereocenters. The molecule has 0 heterocycles. The number of nitrogens with two attached hydrogens (primary N) is 1. The molecule has 0 spiro atoms. The van der Waals surface area contributed by atoms with Crippen LogP contribution in [0.4, 0.5) is 5.69 Å². The molecule has 0 aliphatic rings. The number of aryl methyl sites for hydroxylation is 1. The lowest BCUT2D eigenvalue weighted by atomic mass is 10.0. The van der Waals surface area contributed by atoms with Gasteiger partial charge in [-0.15, -0.1) is 0 Å². The van der Waals surface area contributed by atoms with E-state index >= 15 is 0 Å². The quantitative estimate of drug-likeness (QED) is 0.513. The van der Waals surface area contributed by atoms with Gasteiger partial charge in [-0.1, -0.05) is 31.5 Å². The molecule has 0 aliphatic heterocycles. The Morgan fingerprint density at radius 1 is 1.00 bits per heavy atom. The second kappa shape index (κ2) is 10.4. The number of rotatable bonds is 8. The number of benzene rings is 2. The topological polar surface area (TPSA) is 145 Å². The average molecular weight is 462 g/mol. The molecular weight excluding hydrogens is 434 g/mol. The van der Waals surface area contributed by atoms with Crippen molar-refractivity contribution in [2.75, 3.05) is 5.32 Å². The number of nitrogens with one attached hydrogen (secondary N) is 2. The van der Waals surface area contributed by atoms with Crippen LogP contribution in [0.5, 0.6) is 0 Å². The van der Waals surface area contributed by atoms with Crippen LogP contribution >= 0.6 is 0 Å². The van der Waals surface area contributed by atoms with Crippen molar-refractivity contribution in [1.82, 2.24) is 5.32 Å². The third-order valence-electron chi connectivity index (χ3n) is 4.60. The van der Waals surface area contributed by atoms with Gasteiger partial charge in [0.25, 0.3) is 11.8 Å². The van der Waals surface area contributed by atoms with E-state index in [-0.39, 0.29) is 10.8 Å². The van der Waals surface area contributed by atoms with Gasteiger partial charge < -0.3 is 15.4 Å². The Bertz CT molecular complexity index is 1100. The number of hydrogen-bond acceptors (Lipinski definition) is 6. The molecule has 0 radical (unpaired) electrons. The smallest absolute Gasteiger partial charge is 0.329 e. The maximum absolute atomic E-state index is 12.6. The minimum atomic E-state index is -3.85. The van der Waals surface area contributed by atoms with Crippen molar-refractivity contribution in [2.24, 2.45) is 11.1 Å². The van der Waals surface area contributed by atoms with Crippen LogP contribution in [0.2, 0.25) is 0 Å². The van der Waals surface area contributed by atoms with Gasteiger partial charge in [0.15, 0.2) is 6.10 Å². The SMILES string of the molecule is Cc1cccc(C(=O)N[C@H](C(=O)OC(C)C(=O)Nc2ccc(S(N)(=O)=O)cc2)C(C)C)c1. The van der Waals surface area contributed by atoms with E-state index in [2.05, 4.69) is 10.6 Å². The zero-order chi connectivity index (χ0) is 24.1. The van der Waals surface area contributed by atoms with E-state index in [9.17, 15) is 22.8 Å². The maximum atomic E-state index is 12.6. The molecule has 1 unspecified atom stereocenters. The number of esters is 1. The van der Waals surface area contributed by atoms with E-state index in [0.29, 0.717) is 11.3 Å². The Labute approximate surface area is 187 Å². The first-order valence-electron chi connectivity index (χ1n) is 9.90. The molecule has 2 aromatic rings. The lowest BCUT2D eigenvalue weighted by Gasteiger charge is -2.23. The van der Waals surface area contributed by atoms with E-state index in [0.717, 1.165) is 5.56 Å². The van der Waals surface area contributed by atoms with Crippen LogP contribution in [-0.2, 0) is 24.3 Å². The molecule has 172 valence electrons. The first-order chi connectivity index (χ1) is 14.9. The number of sulfonamides is 1. The summed E-state index contributed by atoms with van der Waals surface area (Å²) in [5, 5.41) is 10.2. The Kier molecular flexibility index (Phi) is 8.12. The molecule has 2 aromatic carbocycles. The number of ether oxygens (including phenoxy) is 1. The van der Waals surface area contributed by atoms with Gasteiger partial charge in [0, 0.05) is 11.3 Å². The molecule has 9 nitrogen and oxygen atoms in total. The van der Waals surface area contributed by atoms with Gasteiger partial charge in [-0.3, -0.25) is 9.59 Å². The lowest BCUT2D eigenvalue weighted by molar-refractivity contribution is -0.156. The molecule has 0 bridgehead atoms. The number of hydrogen-bond donors (Lipinski definition) is 3. The molecule has 0 fully saturated rings. The standard InChI is InChI=1S/C22H27N3O6S/c1-13(2)19(25-21(27)16-7-5-6-14(3)12-16)22(28)31-15(4)20(26)24-17-8-10-18(11-9-17)32(23,29)30/h5-13,15,19H,1-4H3,(H,24,26)(H,25,27)(H2,23,29,30)/t15?,19-/m0/s1. The Hall–Kier alpha value is -3.24. The van der Waals surface area contributed by atoms with Crippen LogP contribution in [0.25, 0.3) is 0 Å². The van der Waals surface area contributed by atoms with E-state index in [1.54, 1.807) is 32.0 Å². The molecule has 0 saturated heterocycles. The van der Waals surface area contributed by atoms with Gasteiger partial charge >= 0.3 is 5.97 Å². The van der Waals surface area contributed by atoms with Gasteiger partial charge in [-0.25, -0.2) is 18.4 Å². The number of amides is 2. The highest BCUT2D eigenvalue weighted by Crippen LogP contribution is 2.14. The summed E-state index contributed by atoms with van der Waals surface area (Å²) in [5.41, 5.74) is 1.62. The summed E-state index contributed by atoms with van der Waals surface area (Å²) in [7, 11) is -3.85. The zero-order valence-electron chi connectivity index (χ0n) is 18.3. The van der Waals surface area contributed by atoms with E-state index in [4.69, 9.17) is 9.88 Å². The van der Waals surface area contributed by atoms with Gasteiger partial charge in [0.2, 0.25) is 10.0 Å². The normalized spacial score (nSPS) is 13.2. The average Bonchev–Trinajstić information content (AvgIpc) is 2.71. The number of carbonyl (C=O) groups excluding carboxylic acids is 3. The van der Waals surface area contributed by atoms with E-state index in [1.807, 2.05) is 13.0 Å². The summed E-state index contributed by atoms with van der Waals surface area (Å²) < 4.78 is 27.9. The predicted molar refractivity (Wildman–Crippen MR) is 119 cm³/mol. The summed E-state index contributed by atoms with van der Waals surface area (Å²) in [6.45, 7) is 6.75. The summed E-state index contributed by atoms with van der Waals surface area (Å²) in [6.07, 6.45) is -1.16. The van der Waals surface area contributed by atoms with Crippen molar-refractivity contribution >= 4 is 33.5 Å². The predicted octanol–water partition coefficient (Wildman–Crippen LogP) is 1.97. The molecule has 2 amide bonds. The molecular formula is C22H27N3O6S. The highest BCUT2D eigenvalue weighted by molar-refractivity contribution is 7.89. The number of primary sulfonamides is 1. The Morgan fingerprint density at radius 2 is 1.62 bits per heavy atom. The second-order valence-electron chi connectivity index (χ2n) is 7.70. The minimum absolute atomic E-state index is 0.0981. The van der Waals surface area contributed by atoms with Gasteiger partial charge in [-0.05, 0) is 56.2 Å². The van der Waals surface area contributed by atoms with Crippen LogP contribution in [0.15, 0.2) is 53.4 Å². The second-order valence-corrected chi connectivity index (χ2v) is 9.26. The summed E-state index contributed by atoms with van der Waals surface area (Å²) in [4.78, 5) is 37.5. The molecule has 0 aromatic heterocycles. The van der Waals surface area contributed by atoms with Crippen LogP contribution in [-0.4, -0.2) is 38.3 Å². The molecule has 32 heavy (non-hydrogen) atoms. The largest absolute Gasteiger partial charge is 0.451 e. The zero-order valence-corrected chi connectivity index (χ0v) is 19.1. The van der Waals surface area contributed by atoms with Gasteiger partial charge in [0.05, 0.1) is 4.90 Å². The fourth-order valence-corrected chi connectivity index (χ4v) is 3.30. The van der Waals surface area contributed by atoms with Crippen molar-refractivity contribution in [3.63, 3.8) is 0 Å². The van der Waals surface area contributed by atoms with Gasteiger partial charge in [-0.2, -0.15) is 0 Å². The van der Waals surface area contributed by atoms with Crippen LogP contribution in [0, 0.1) is 12.8 Å². The Morgan fingerprint density at radius 3 is 2.16 bits per heavy atom. The van der Waals surface area contributed by atoms with Crippen molar-refractivity contribution in [3.05, 3.63) is 59.7 Å². The number of anilines is 1. The third-order valence-corrected chi connectivity index (χ3v) is 5.53. The fourth-order valence-electron chi connectivity index (χ4n) is 2.78. The summed E-state index contributed by atoms with van der Waals surface area (Å²) in [5.74, 6) is -2.06. The fraction of sp³-hybridized carbons (Fsp3) is 0.318. The first-order valence-corrected chi connectivity index (χ1v) is 11.4. The minimum Gasteiger partial charge on any atom is -0.451 e. The lowest BCUT2D eigenvalue weighted by Crippen LogP contribution is -2.47. The molecule has 4 N–H and O–H groups in total. The van der Waals surface area contributed by atoms with Crippen molar-refractivity contribution in [2.45, 2.75) is 44.7 Å². The van der Waals surface area contributed by atoms with Gasteiger partial charge in [0.1, 0.15) is 6.04 Å². The molecule has 10 heteroatoms. The molecule has 0 saturated carbocycles. The molecule has 0 aliphatic carbocycles. The highest BCUT2D eigenvalue weighted by atomic mass is 32.2. The monoisotopic (exact) mass is 461 g/mol.